The highest BCUT2D eigenvalue weighted by atomic mass is 79.9. The molecule has 0 saturated heterocycles. The van der Waals surface area contributed by atoms with Gasteiger partial charge in [0, 0.05) is 21.2 Å². The van der Waals surface area contributed by atoms with E-state index in [9.17, 15) is 4.79 Å². The Labute approximate surface area is 164 Å². The maximum atomic E-state index is 12.3. The summed E-state index contributed by atoms with van der Waals surface area (Å²) < 4.78 is 2.85. The Morgan fingerprint density at radius 3 is 2.65 bits per heavy atom. The summed E-state index contributed by atoms with van der Waals surface area (Å²) >= 11 is 5.21. The molecule has 0 fully saturated rings. The van der Waals surface area contributed by atoms with Gasteiger partial charge in [-0.2, -0.15) is 10.1 Å². The molecule has 2 heterocycles. The van der Waals surface area contributed by atoms with Gasteiger partial charge in [0.15, 0.2) is 5.65 Å². The second-order valence-electron chi connectivity index (χ2n) is 7.14. The van der Waals surface area contributed by atoms with Crippen LogP contribution in [0.4, 0.5) is 5.95 Å². The van der Waals surface area contributed by atoms with E-state index in [-0.39, 0.29) is 11.1 Å². The number of anilines is 1. The summed E-state index contributed by atoms with van der Waals surface area (Å²) in [4.78, 5) is 20.9. The molecule has 0 aliphatic heterocycles. The number of aromatic nitrogens is 4. The van der Waals surface area contributed by atoms with Crippen LogP contribution in [0.5, 0.6) is 0 Å². The first-order valence-electron chi connectivity index (χ1n) is 8.38. The first kappa shape index (κ1) is 19.0. The smallest absolute Gasteiger partial charge is 0.263 e. The summed E-state index contributed by atoms with van der Waals surface area (Å²) in [5.74, 6) is 0.469. The van der Waals surface area contributed by atoms with Crippen LogP contribution >= 0.6 is 27.7 Å². The van der Waals surface area contributed by atoms with Gasteiger partial charge >= 0.3 is 0 Å². The van der Waals surface area contributed by atoms with E-state index < -0.39 is 0 Å². The highest BCUT2D eigenvalue weighted by Gasteiger charge is 2.20. The molecule has 138 valence electrons. The number of benzene rings is 1. The lowest BCUT2D eigenvalue weighted by Crippen LogP contribution is -2.24. The van der Waals surface area contributed by atoms with Crippen molar-refractivity contribution in [2.24, 2.45) is 0 Å². The van der Waals surface area contributed by atoms with Gasteiger partial charge in [-0.05, 0) is 45.0 Å². The standard InChI is InChI=1S/C18H22BrN5OS/c1-11(26-13-7-5-12(19)6-8-13)9-20-17-22-15-14(16(25)23-17)10-21-24(15)18(2,3)4/h5-8,10-11H,9H2,1-4H3,(H2,20,22,23,25). The second kappa shape index (κ2) is 7.44. The summed E-state index contributed by atoms with van der Waals surface area (Å²) in [7, 11) is 0. The Bertz CT molecular complexity index is 958. The van der Waals surface area contributed by atoms with Crippen LogP contribution in [0.2, 0.25) is 0 Å². The van der Waals surface area contributed by atoms with Gasteiger partial charge in [-0.3, -0.25) is 9.78 Å². The number of nitrogens with zero attached hydrogens (tertiary/aromatic N) is 3. The van der Waals surface area contributed by atoms with Crippen molar-refractivity contribution in [2.75, 3.05) is 11.9 Å². The Kier molecular flexibility index (Phi) is 5.43. The van der Waals surface area contributed by atoms with E-state index in [1.165, 1.54) is 4.90 Å². The van der Waals surface area contributed by atoms with E-state index in [1.807, 2.05) is 32.9 Å². The molecule has 3 aromatic rings. The van der Waals surface area contributed by atoms with Gasteiger partial charge in [-0.1, -0.05) is 22.9 Å². The van der Waals surface area contributed by atoms with Crippen molar-refractivity contribution in [3.05, 3.63) is 45.3 Å². The largest absolute Gasteiger partial charge is 0.355 e. The molecule has 0 saturated carbocycles. The molecular formula is C18H22BrN5OS. The SMILES string of the molecule is CC(CNc1nc2c(cnn2C(C)(C)C)c(=O)[nH]1)Sc1ccc(Br)cc1. The van der Waals surface area contributed by atoms with Crippen LogP contribution in [0.15, 0.2) is 44.6 Å². The van der Waals surface area contributed by atoms with Crippen molar-refractivity contribution in [1.82, 2.24) is 19.7 Å². The van der Waals surface area contributed by atoms with Crippen LogP contribution in [0.1, 0.15) is 27.7 Å². The number of halogens is 1. The molecule has 0 bridgehead atoms. The van der Waals surface area contributed by atoms with Crippen LogP contribution in [0.3, 0.4) is 0 Å². The third-order valence-electron chi connectivity index (χ3n) is 3.78. The van der Waals surface area contributed by atoms with Crippen LogP contribution in [0, 0.1) is 0 Å². The van der Waals surface area contributed by atoms with Gasteiger partial charge in [0.2, 0.25) is 5.95 Å². The zero-order chi connectivity index (χ0) is 18.9. The van der Waals surface area contributed by atoms with Crippen molar-refractivity contribution in [2.45, 2.75) is 43.4 Å². The Balaban J connectivity index is 1.74. The first-order valence-corrected chi connectivity index (χ1v) is 10.1. The molecule has 0 spiro atoms. The maximum absolute atomic E-state index is 12.3. The van der Waals surface area contributed by atoms with Crippen LogP contribution < -0.4 is 10.9 Å². The van der Waals surface area contributed by atoms with Crippen molar-refractivity contribution < 1.29 is 0 Å². The zero-order valence-electron chi connectivity index (χ0n) is 15.2. The number of thioether (sulfide) groups is 1. The molecule has 0 aliphatic rings. The number of rotatable bonds is 5. The number of aromatic amines is 1. The quantitative estimate of drug-likeness (QED) is 0.586. The van der Waals surface area contributed by atoms with Crippen LogP contribution in [-0.2, 0) is 5.54 Å². The fourth-order valence-corrected chi connectivity index (χ4v) is 3.71. The number of hydrogen-bond acceptors (Lipinski definition) is 5. The molecule has 2 N–H and O–H groups in total. The second-order valence-corrected chi connectivity index (χ2v) is 9.57. The van der Waals surface area contributed by atoms with E-state index in [0.29, 0.717) is 28.8 Å². The van der Waals surface area contributed by atoms with E-state index in [1.54, 1.807) is 22.6 Å². The Hall–Kier alpha value is -1.80. The molecule has 2 aromatic heterocycles. The highest BCUT2D eigenvalue weighted by Crippen LogP contribution is 2.25. The van der Waals surface area contributed by atoms with Crippen LogP contribution in [0.25, 0.3) is 11.0 Å². The molecule has 1 atom stereocenters. The van der Waals surface area contributed by atoms with E-state index >= 15 is 0 Å². The van der Waals surface area contributed by atoms with Gasteiger partial charge in [0.25, 0.3) is 5.56 Å². The average molecular weight is 436 g/mol. The minimum Gasteiger partial charge on any atom is -0.355 e. The summed E-state index contributed by atoms with van der Waals surface area (Å²) in [6, 6.07) is 8.23. The normalized spacial score (nSPS) is 13.1. The Morgan fingerprint density at radius 1 is 1.31 bits per heavy atom. The average Bonchev–Trinajstić information content (AvgIpc) is 3.00. The Morgan fingerprint density at radius 2 is 2.00 bits per heavy atom. The number of nitrogens with one attached hydrogen (secondary N) is 2. The molecule has 3 rings (SSSR count). The van der Waals surface area contributed by atoms with Gasteiger partial charge in [0.1, 0.15) is 5.39 Å². The third-order valence-corrected chi connectivity index (χ3v) is 5.42. The van der Waals surface area contributed by atoms with Gasteiger partial charge < -0.3 is 5.32 Å². The summed E-state index contributed by atoms with van der Waals surface area (Å²) in [5, 5.41) is 8.38. The molecule has 0 amide bonds. The van der Waals surface area contributed by atoms with E-state index in [0.717, 1.165) is 4.47 Å². The lowest BCUT2D eigenvalue weighted by molar-refractivity contribution is 0.366. The minimum atomic E-state index is -0.245. The van der Waals surface area contributed by atoms with Gasteiger partial charge in [-0.15, -0.1) is 11.8 Å². The summed E-state index contributed by atoms with van der Waals surface area (Å²) in [5.41, 5.74) is 0.169. The van der Waals surface area contributed by atoms with E-state index in [4.69, 9.17) is 0 Å². The summed E-state index contributed by atoms with van der Waals surface area (Å²) in [6.45, 7) is 8.92. The maximum Gasteiger partial charge on any atom is 0.263 e. The molecule has 8 heteroatoms. The summed E-state index contributed by atoms with van der Waals surface area (Å²) in [6.07, 6.45) is 1.57. The van der Waals surface area contributed by atoms with E-state index in [2.05, 4.69) is 55.4 Å². The van der Waals surface area contributed by atoms with Crippen LogP contribution in [-0.4, -0.2) is 31.5 Å². The van der Waals surface area contributed by atoms with Crippen molar-refractivity contribution in [3.8, 4) is 0 Å². The molecule has 1 unspecified atom stereocenters. The predicted molar refractivity (Wildman–Crippen MR) is 111 cm³/mol. The van der Waals surface area contributed by atoms with Gasteiger partial charge in [-0.25, -0.2) is 4.68 Å². The molecule has 0 radical (unpaired) electrons. The van der Waals surface area contributed by atoms with Gasteiger partial charge in [0.05, 0.1) is 11.7 Å². The number of hydrogen-bond donors (Lipinski definition) is 2. The molecule has 26 heavy (non-hydrogen) atoms. The number of fused-ring (bicyclic) bond motifs is 1. The molecule has 6 nitrogen and oxygen atoms in total. The third kappa shape index (κ3) is 4.29. The molecular weight excluding hydrogens is 414 g/mol. The fourth-order valence-electron chi connectivity index (χ4n) is 2.52. The number of H-pyrrole nitrogens is 1. The predicted octanol–water partition coefficient (Wildman–Crippen LogP) is 4.23. The zero-order valence-corrected chi connectivity index (χ0v) is 17.6. The van der Waals surface area contributed by atoms with Crippen molar-refractivity contribution >= 4 is 44.7 Å². The van der Waals surface area contributed by atoms with Crippen molar-refractivity contribution in [3.63, 3.8) is 0 Å². The topological polar surface area (TPSA) is 75.6 Å². The lowest BCUT2D eigenvalue weighted by Gasteiger charge is -2.20. The van der Waals surface area contributed by atoms with Crippen molar-refractivity contribution in [1.29, 1.82) is 0 Å². The molecule has 0 aliphatic carbocycles. The monoisotopic (exact) mass is 435 g/mol. The fraction of sp³-hybridized carbons (Fsp3) is 0.389. The first-order chi connectivity index (χ1) is 12.2. The molecule has 1 aromatic carbocycles. The highest BCUT2D eigenvalue weighted by molar-refractivity contribution is 9.10. The minimum absolute atomic E-state index is 0.179. The lowest BCUT2D eigenvalue weighted by atomic mass is 10.1.